The molecule has 2 aromatic carbocycles. The van der Waals surface area contributed by atoms with Crippen molar-refractivity contribution in [3.63, 3.8) is 0 Å². The second-order valence-corrected chi connectivity index (χ2v) is 8.85. The molecule has 0 spiro atoms. The Hall–Kier alpha value is -1.38. The summed E-state index contributed by atoms with van der Waals surface area (Å²) in [5, 5.41) is 0.856. The van der Waals surface area contributed by atoms with Crippen LogP contribution in [0, 0.1) is 19.8 Å². The van der Waals surface area contributed by atoms with Crippen LogP contribution >= 0.6 is 23.4 Å². The minimum Gasteiger partial charge on any atom is -0.363 e. The predicted molar refractivity (Wildman–Crippen MR) is 111 cm³/mol. The Labute approximate surface area is 161 Å². The van der Waals surface area contributed by atoms with Gasteiger partial charge < -0.3 is 4.90 Å². The molecule has 0 fully saturated rings. The van der Waals surface area contributed by atoms with Crippen LogP contribution in [0.5, 0.6) is 0 Å². The number of halogens is 1. The topological polar surface area (TPSA) is 3.24 Å². The van der Waals surface area contributed by atoms with Gasteiger partial charge in [-0.05, 0) is 54.7 Å². The third-order valence-electron chi connectivity index (χ3n) is 4.60. The van der Waals surface area contributed by atoms with Gasteiger partial charge >= 0.3 is 0 Å². The number of hydrogen-bond donors (Lipinski definition) is 0. The lowest BCUT2D eigenvalue weighted by Crippen LogP contribution is -2.14. The molecular weight excluding hydrogens is 346 g/mol. The van der Waals surface area contributed by atoms with Crippen molar-refractivity contribution < 1.29 is 0 Å². The number of fused-ring (bicyclic) bond motifs is 1. The quantitative estimate of drug-likeness (QED) is 0.538. The summed E-state index contributed by atoms with van der Waals surface area (Å²) in [5.74, 6) is 1.80. The molecule has 3 heteroatoms. The lowest BCUT2D eigenvalue weighted by atomic mass is 10.1. The van der Waals surface area contributed by atoms with Crippen LogP contribution in [-0.2, 0) is 13.1 Å². The van der Waals surface area contributed by atoms with Crippen molar-refractivity contribution >= 4 is 29.1 Å². The van der Waals surface area contributed by atoms with E-state index in [2.05, 4.69) is 69.5 Å². The zero-order valence-corrected chi connectivity index (χ0v) is 17.1. The SMILES string of the molecule is C=C(c1cc(C)ccc1SCC(C)C)N1Cc2cc(C)c(Cl)cc2C1. The molecule has 1 aliphatic heterocycles. The van der Waals surface area contributed by atoms with Gasteiger partial charge in [-0.25, -0.2) is 0 Å². The third kappa shape index (κ3) is 4.07. The van der Waals surface area contributed by atoms with Crippen LogP contribution in [0.25, 0.3) is 5.70 Å². The minimum absolute atomic E-state index is 0.675. The van der Waals surface area contributed by atoms with Gasteiger partial charge in [0.1, 0.15) is 0 Å². The molecule has 0 saturated carbocycles. The number of thioether (sulfide) groups is 1. The molecule has 0 saturated heterocycles. The number of aryl methyl sites for hydroxylation is 2. The van der Waals surface area contributed by atoms with Crippen molar-refractivity contribution in [3.8, 4) is 0 Å². The van der Waals surface area contributed by atoms with Gasteiger partial charge in [-0.2, -0.15) is 0 Å². The Morgan fingerprint density at radius 3 is 2.52 bits per heavy atom. The molecule has 0 aromatic heterocycles. The lowest BCUT2D eigenvalue weighted by Gasteiger charge is -2.23. The highest BCUT2D eigenvalue weighted by atomic mass is 35.5. The van der Waals surface area contributed by atoms with Gasteiger partial charge in [0.05, 0.1) is 0 Å². The Balaban J connectivity index is 1.85. The monoisotopic (exact) mass is 371 g/mol. The molecule has 0 radical (unpaired) electrons. The van der Waals surface area contributed by atoms with E-state index in [0.29, 0.717) is 5.92 Å². The van der Waals surface area contributed by atoms with Crippen LogP contribution in [0.15, 0.2) is 41.8 Å². The molecule has 0 bridgehead atoms. The summed E-state index contributed by atoms with van der Waals surface area (Å²) in [4.78, 5) is 3.70. The summed E-state index contributed by atoms with van der Waals surface area (Å²) in [7, 11) is 0. The predicted octanol–water partition coefficient (Wildman–Crippen LogP) is 6.69. The average Bonchev–Trinajstić information content (AvgIpc) is 2.96. The molecule has 0 N–H and O–H groups in total. The molecule has 25 heavy (non-hydrogen) atoms. The smallest absolute Gasteiger partial charge is 0.0438 e. The third-order valence-corrected chi connectivity index (χ3v) is 6.51. The highest BCUT2D eigenvalue weighted by molar-refractivity contribution is 7.99. The van der Waals surface area contributed by atoms with Gasteiger partial charge in [-0.1, -0.05) is 49.7 Å². The number of hydrogen-bond acceptors (Lipinski definition) is 2. The van der Waals surface area contributed by atoms with Crippen molar-refractivity contribution in [2.45, 2.75) is 45.7 Å². The number of benzene rings is 2. The maximum Gasteiger partial charge on any atom is 0.0438 e. The van der Waals surface area contributed by atoms with Gasteiger partial charge in [-0.15, -0.1) is 11.8 Å². The van der Waals surface area contributed by atoms with E-state index < -0.39 is 0 Å². The first-order chi connectivity index (χ1) is 11.8. The summed E-state index contributed by atoms with van der Waals surface area (Å²) in [6.45, 7) is 15.0. The molecular formula is C22H26ClNS. The molecule has 0 amide bonds. The lowest BCUT2D eigenvalue weighted by molar-refractivity contribution is 0.423. The van der Waals surface area contributed by atoms with Crippen molar-refractivity contribution in [2.24, 2.45) is 5.92 Å². The second kappa shape index (κ2) is 7.47. The first-order valence-corrected chi connectivity index (χ1v) is 10.2. The zero-order chi connectivity index (χ0) is 18.1. The molecule has 132 valence electrons. The first-order valence-electron chi connectivity index (χ1n) is 8.80. The summed E-state index contributed by atoms with van der Waals surface area (Å²) >= 11 is 8.24. The van der Waals surface area contributed by atoms with E-state index in [4.69, 9.17) is 11.6 Å². The van der Waals surface area contributed by atoms with Crippen molar-refractivity contribution in [3.05, 3.63) is 69.8 Å². The van der Waals surface area contributed by atoms with Crippen LogP contribution < -0.4 is 0 Å². The van der Waals surface area contributed by atoms with E-state index in [1.165, 1.54) is 27.1 Å². The van der Waals surface area contributed by atoms with E-state index in [1.54, 1.807) is 0 Å². The molecule has 3 rings (SSSR count). The fraction of sp³-hybridized carbons (Fsp3) is 0.364. The normalized spacial score (nSPS) is 13.4. The van der Waals surface area contributed by atoms with Gasteiger partial charge in [0.15, 0.2) is 0 Å². The van der Waals surface area contributed by atoms with Crippen LogP contribution in [0.4, 0.5) is 0 Å². The first kappa shape index (κ1) is 18.4. The van der Waals surface area contributed by atoms with Crippen LogP contribution in [0.2, 0.25) is 5.02 Å². The Morgan fingerprint density at radius 2 is 1.84 bits per heavy atom. The van der Waals surface area contributed by atoms with E-state index in [9.17, 15) is 0 Å². The Kier molecular flexibility index (Phi) is 5.50. The number of rotatable bonds is 5. The maximum atomic E-state index is 6.31. The van der Waals surface area contributed by atoms with E-state index in [-0.39, 0.29) is 0 Å². The summed E-state index contributed by atoms with van der Waals surface area (Å²) in [6.07, 6.45) is 0. The maximum absolute atomic E-state index is 6.31. The van der Waals surface area contributed by atoms with Crippen molar-refractivity contribution in [2.75, 3.05) is 5.75 Å². The van der Waals surface area contributed by atoms with Crippen LogP contribution in [0.3, 0.4) is 0 Å². The van der Waals surface area contributed by atoms with Gasteiger partial charge in [0.25, 0.3) is 0 Å². The highest BCUT2D eigenvalue weighted by Gasteiger charge is 2.23. The van der Waals surface area contributed by atoms with E-state index in [0.717, 1.165) is 35.1 Å². The van der Waals surface area contributed by atoms with Crippen LogP contribution in [-0.4, -0.2) is 10.7 Å². The summed E-state index contributed by atoms with van der Waals surface area (Å²) in [5.41, 5.74) is 7.49. The molecule has 2 aromatic rings. The van der Waals surface area contributed by atoms with Crippen LogP contribution in [0.1, 0.15) is 41.7 Å². The van der Waals surface area contributed by atoms with E-state index >= 15 is 0 Å². The molecule has 1 aliphatic rings. The number of nitrogens with zero attached hydrogens (tertiary/aromatic N) is 1. The summed E-state index contributed by atoms with van der Waals surface area (Å²) < 4.78 is 0. The van der Waals surface area contributed by atoms with Gasteiger partial charge in [0, 0.05) is 40.0 Å². The Bertz CT molecular complexity index is 779. The van der Waals surface area contributed by atoms with E-state index in [1.807, 2.05) is 11.8 Å². The average molecular weight is 372 g/mol. The molecule has 0 unspecified atom stereocenters. The largest absolute Gasteiger partial charge is 0.363 e. The second-order valence-electron chi connectivity index (χ2n) is 7.38. The van der Waals surface area contributed by atoms with Gasteiger partial charge in [0.2, 0.25) is 0 Å². The summed E-state index contributed by atoms with van der Waals surface area (Å²) in [6, 6.07) is 11.0. The van der Waals surface area contributed by atoms with Crippen molar-refractivity contribution in [1.29, 1.82) is 0 Å². The molecule has 0 aliphatic carbocycles. The fourth-order valence-electron chi connectivity index (χ4n) is 3.16. The standard InChI is InChI=1S/C22H26ClNS/c1-14(2)13-25-22-7-6-15(3)8-20(22)17(5)24-11-18-9-16(4)21(23)10-19(18)12-24/h6-10,14H,5,11-13H2,1-4H3. The zero-order valence-electron chi connectivity index (χ0n) is 15.5. The fourth-order valence-corrected chi connectivity index (χ4v) is 4.35. The highest BCUT2D eigenvalue weighted by Crippen LogP contribution is 2.36. The van der Waals surface area contributed by atoms with Gasteiger partial charge in [-0.3, -0.25) is 0 Å². The molecule has 0 atom stereocenters. The van der Waals surface area contributed by atoms with Crippen molar-refractivity contribution in [1.82, 2.24) is 4.90 Å². The molecule has 1 nitrogen and oxygen atoms in total. The Morgan fingerprint density at radius 1 is 1.16 bits per heavy atom. The minimum atomic E-state index is 0.675. The molecule has 1 heterocycles.